The molecule has 2 aromatic rings. The summed E-state index contributed by atoms with van der Waals surface area (Å²) in [5, 5.41) is 26.6. The third kappa shape index (κ3) is 6.04. The number of phenolic OH excluding ortho intramolecular Hbond substituents is 1. The van der Waals surface area contributed by atoms with Gasteiger partial charge in [0.1, 0.15) is 17.2 Å². The fraction of sp³-hybridized carbons (Fsp3) is 0.500. The maximum absolute atomic E-state index is 14.4. The van der Waals surface area contributed by atoms with Crippen LogP contribution in [0.15, 0.2) is 30.5 Å². The van der Waals surface area contributed by atoms with E-state index in [0.717, 1.165) is 36.6 Å². The third-order valence-electron chi connectivity index (χ3n) is 6.46. The maximum Gasteiger partial charge on any atom is 0.410 e. The number of hydrogen-bond donors (Lipinski definition) is 4. The van der Waals surface area contributed by atoms with Crippen LogP contribution in [0.3, 0.4) is 0 Å². The number of ether oxygens (including phenoxy) is 1. The van der Waals surface area contributed by atoms with Crippen molar-refractivity contribution in [1.82, 2.24) is 15.2 Å². The molecule has 2 amide bonds. The lowest BCUT2D eigenvalue weighted by Gasteiger charge is -2.40. The number of nitrogens with zero attached hydrogens (tertiary/aromatic N) is 2. The molecule has 1 aromatic carbocycles. The summed E-state index contributed by atoms with van der Waals surface area (Å²) in [6.45, 7) is 5.17. The number of aromatic hydroxyl groups is 1. The van der Waals surface area contributed by atoms with Crippen LogP contribution in [-0.4, -0.2) is 62.4 Å². The van der Waals surface area contributed by atoms with Gasteiger partial charge >= 0.3 is 6.09 Å². The molecule has 0 bridgehead atoms. The Labute approximate surface area is 209 Å². The minimum absolute atomic E-state index is 0.0784. The summed E-state index contributed by atoms with van der Waals surface area (Å²) in [7, 11) is 0. The number of benzene rings is 1. The predicted octanol–water partition coefficient (Wildman–Crippen LogP) is 3.34. The average Bonchev–Trinajstić information content (AvgIpc) is 2.78. The first kappa shape index (κ1) is 25.7. The van der Waals surface area contributed by atoms with Gasteiger partial charge in [-0.3, -0.25) is 9.69 Å². The average molecular weight is 501 g/mol. The number of nitrogens with one attached hydrogen (secondary N) is 2. The van der Waals surface area contributed by atoms with E-state index in [4.69, 9.17) is 4.74 Å². The lowest BCUT2D eigenvalue weighted by atomic mass is 9.91. The molecule has 1 aliphatic carbocycles. The van der Waals surface area contributed by atoms with E-state index < -0.39 is 35.6 Å². The number of amides is 2. The van der Waals surface area contributed by atoms with E-state index in [1.807, 2.05) is 0 Å². The summed E-state index contributed by atoms with van der Waals surface area (Å²) in [5.41, 5.74) is 0.699. The van der Waals surface area contributed by atoms with Crippen LogP contribution in [0, 0.1) is 5.82 Å². The van der Waals surface area contributed by atoms with Gasteiger partial charge in [0.25, 0.3) is 5.91 Å². The Morgan fingerprint density at radius 1 is 1.25 bits per heavy atom. The second-order valence-electron chi connectivity index (χ2n) is 10.4. The van der Waals surface area contributed by atoms with Gasteiger partial charge in [-0.25, -0.2) is 14.2 Å². The monoisotopic (exact) mass is 500 g/mol. The van der Waals surface area contributed by atoms with E-state index >= 15 is 0 Å². The van der Waals surface area contributed by atoms with Gasteiger partial charge in [-0.2, -0.15) is 0 Å². The topological polar surface area (TPSA) is 124 Å². The smallest absolute Gasteiger partial charge is 0.410 e. The normalized spacial score (nSPS) is 18.6. The summed E-state index contributed by atoms with van der Waals surface area (Å²) in [6.07, 6.45) is 2.67. The van der Waals surface area contributed by atoms with Crippen molar-refractivity contribution in [2.75, 3.05) is 11.9 Å². The molecule has 0 saturated heterocycles. The standard InChI is InChI=1S/C26H33FN4O5/c1-26(2,3)36-25(35)31-14-16-9-18(32)8-7-15(16)10-21(31)22(33)13-29-24(34)19-11-23(28-12-20(19)27)30-17-5-4-6-17/h7-9,11-12,17,21-22,32-33H,4-6,10,13-14H2,1-3H3,(H,28,30)(H,29,34)/t21-,22+/m0/s1. The first-order valence-electron chi connectivity index (χ1n) is 12.2. The molecule has 194 valence electrons. The Morgan fingerprint density at radius 2 is 2.00 bits per heavy atom. The van der Waals surface area contributed by atoms with Crippen LogP contribution in [0.2, 0.25) is 0 Å². The fourth-order valence-electron chi connectivity index (χ4n) is 4.34. The molecule has 10 heteroatoms. The van der Waals surface area contributed by atoms with Gasteiger partial charge < -0.3 is 25.6 Å². The van der Waals surface area contributed by atoms with Gasteiger partial charge in [0.15, 0.2) is 5.82 Å². The molecule has 9 nitrogen and oxygen atoms in total. The number of fused-ring (bicyclic) bond motifs is 1. The molecular formula is C26H33FN4O5. The lowest BCUT2D eigenvalue weighted by Crippen LogP contribution is -2.54. The Balaban J connectivity index is 1.47. The third-order valence-corrected chi connectivity index (χ3v) is 6.46. The molecule has 0 spiro atoms. The van der Waals surface area contributed by atoms with Crippen LogP contribution in [0.25, 0.3) is 0 Å². The molecule has 1 aliphatic heterocycles. The van der Waals surface area contributed by atoms with Crippen LogP contribution in [0.5, 0.6) is 5.75 Å². The Hall–Kier alpha value is -3.40. The Morgan fingerprint density at radius 3 is 2.67 bits per heavy atom. The minimum Gasteiger partial charge on any atom is -0.508 e. The first-order valence-corrected chi connectivity index (χ1v) is 12.2. The number of aromatic nitrogens is 1. The number of carbonyl (C=O) groups excluding carboxylic acids is 2. The highest BCUT2D eigenvalue weighted by atomic mass is 19.1. The summed E-state index contributed by atoms with van der Waals surface area (Å²) in [5.74, 6) is -0.941. The van der Waals surface area contributed by atoms with Crippen LogP contribution in [-0.2, 0) is 17.7 Å². The molecule has 1 saturated carbocycles. The number of halogens is 1. The highest BCUT2D eigenvalue weighted by Gasteiger charge is 2.37. The molecule has 1 fully saturated rings. The molecule has 1 aromatic heterocycles. The molecule has 4 rings (SSSR count). The number of carbonyl (C=O) groups is 2. The predicted molar refractivity (Wildman–Crippen MR) is 131 cm³/mol. The van der Waals surface area contributed by atoms with Crippen LogP contribution in [0.1, 0.15) is 61.5 Å². The van der Waals surface area contributed by atoms with Crippen LogP contribution in [0.4, 0.5) is 15.0 Å². The van der Waals surface area contributed by atoms with E-state index in [2.05, 4.69) is 15.6 Å². The SMILES string of the molecule is CC(C)(C)OC(=O)N1Cc2cc(O)ccc2C[C@H]1[C@H](O)CNC(=O)c1cc(NC2CCC2)ncc1F. The summed E-state index contributed by atoms with van der Waals surface area (Å²) in [4.78, 5) is 31.1. The summed E-state index contributed by atoms with van der Waals surface area (Å²) < 4.78 is 19.9. The van der Waals surface area contributed by atoms with Crippen molar-refractivity contribution in [1.29, 1.82) is 0 Å². The minimum atomic E-state index is -1.15. The van der Waals surface area contributed by atoms with Crippen molar-refractivity contribution in [3.63, 3.8) is 0 Å². The van der Waals surface area contributed by atoms with Crippen LogP contribution < -0.4 is 10.6 Å². The van der Waals surface area contributed by atoms with E-state index in [0.29, 0.717) is 12.2 Å². The zero-order chi connectivity index (χ0) is 26.0. The van der Waals surface area contributed by atoms with Crippen molar-refractivity contribution >= 4 is 17.8 Å². The Kier molecular flexibility index (Phi) is 7.35. The zero-order valence-corrected chi connectivity index (χ0v) is 20.8. The first-order chi connectivity index (χ1) is 17.0. The number of pyridine rings is 1. The van der Waals surface area contributed by atoms with Crippen molar-refractivity contribution in [2.24, 2.45) is 0 Å². The van der Waals surface area contributed by atoms with Gasteiger partial charge in [-0.05, 0) is 75.8 Å². The number of aliphatic hydroxyl groups is 1. The largest absolute Gasteiger partial charge is 0.508 e. The van der Waals surface area contributed by atoms with E-state index in [1.54, 1.807) is 39.0 Å². The lowest BCUT2D eigenvalue weighted by molar-refractivity contribution is -0.0113. The summed E-state index contributed by atoms with van der Waals surface area (Å²) in [6, 6.07) is 5.82. The summed E-state index contributed by atoms with van der Waals surface area (Å²) >= 11 is 0. The second-order valence-corrected chi connectivity index (χ2v) is 10.4. The number of rotatable bonds is 6. The maximum atomic E-state index is 14.4. The van der Waals surface area contributed by atoms with Gasteiger partial charge in [0.2, 0.25) is 0 Å². The molecule has 36 heavy (non-hydrogen) atoms. The van der Waals surface area contributed by atoms with Crippen molar-refractivity contribution < 1.29 is 28.9 Å². The van der Waals surface area contributed by atoms with Gasteiger partial charge in [0, 0.05) is 19.1 Å². The van der Waals surface area contributed by atoms with Crippen LogP contribution >= 0.6 is 0 Å². The van der Waals surface area contributed by atoms with E-state index in [1.165, 1.54) is 11.0 Å². The van der Waals surface area contributed by atoms with Crippen molar-refractivity contribution in [2.45, 2.75) is 76.8 Å². The van der Waals surface area contributed by atoms with Gasteiger partial charge in [-0.1, -0.05) is 6.07 Å². The highest BCUT2D eigenvalue weighted by Crippen LogP contribution is 2.29. The molecule has 4 N–H and O–H groups in total. The highest BCUT2D eigenvalue weighted by molar-refractivity contribution is 5.95. The van der Waals surface area contributed by atoms with Crippen molar-refractivity contribution in [3.8, 4) is 5.75 Å². The fourth-order valence-corrected chi connectivity index (χ4v) is 4.34. The molecular weight excluding hydrogens is 467 g/mol. The molecule has 2 aliphatic rings. The molecule has 2 heterocycles. The second kappa shape index (κ2) is 10.3. The Bertz CT molecular complexity index is 1130. The number of hydrogen-bond acceptors (Lipinski definition) is 7. The van der Waals surface area contributed by atoms with Gasteiger partial charge in [-0.15, -0.1) is 0 Å². The molecule has 0 radical (unpaired) electrons. The number of phenols is 1. The quantitative estimate of drug-likeness (QED) is 0.480. The van der Waals surface area contributed by atoms with Crippen molar-refractivity contribution in [3.05, 3.63) is 53.0 Å². The zero-order valence-electron chi connectivity index (χ0n) is 20.8. The number of anilines is 1. The number of aliphatic hydroxyl groups excluding tert-OH is 1. The van der Waals surface area contributed by atoms with E-state index in [-0.39, 0.29) is 30.4 Å². The molecule has 2 atom stereocenters. The van der Waals surface area contributed by atoms with E-state index in [9.17, 15) is 24.2 Å². The van der Waals surface area contributed by atoms with Gasteiger partial charge in [0.05, 0.1) is 23.9 Å². The molecule has 0 unspecified atom stereocenters.